The summed E-state index contributed by atoms with van der Waals surface area (Å²) in [6, 6.07) is 13.8. The van der Waals surface area contributed by atoms with Crippen LogP contribution in [-0.4, -0.2) is 29.5 Å². The Labute approximate surface area is 186 Å². The van der Waals surface area contributed by atoms with E-state index in [1.54, 1.807) is 48.5 Å². The first-order valence-electron chi connectivity index (χ1n) is 9.30. The van der Waals surface area contributed by atoms with Crippen molar-refractivity contribution in [1.29, 1.82) is 0 Å². The Morgan fingerprint density at radius 1 is 1.16 bits per heavy atom. The number of amides is 2. The van der Waals surface area contributed by atoms with Crippen LogP contribution in [0.1, 0.15) is 32.5 Å². The van der Waals surface area contributed by atoms with Crippen LogP contribution in [-0.2, 0) is 9.59 Å². The van der Waals surface area contributed by atoms with Gasteiger partial charge >= 0.3 is 5.97 Å². The van der Waals surface area contributed by atoms with Crippen LogP contribution in [0.5, 0.6) is 5.75 Å². The first-order chi connectivity index (χ1) is 14.8. The fraction of sp³-hybridized carbons (Fsp3) is 0.136. The molecule has 0 bridgehead atoms. The third-order valence-corrected chi connectivity index (χ3v) is 6.44. The van der Waals surface area contributed by atoms with Gasteiger partial charge in [0.2, 0.25) is 5.91 Å². The Morgan fingerprint density at radius 2 is 1.84 bits per heavy atom. The highest BCUT2D eigenvalue weighted by atomic mass is 35.5. The van der Waals surface area contributed by atoms with Gasteiger partial charge in [0.1, 0.15) is 10.6 Å². The number of hydrogen-bond donors (Lipinski definition) is 3. The van der Waals surface area contributed by atoms with E-state index in [1.165, 1.54) is 0 Å². The second-order valence-corrected chi connectivity index (χ2v) is 8.48. The molecule has 2 amide bonds. The first-order valence-corrected chi connectivity index (χ1v) is 10.5. The number of carboxylic acid groups (broad SMARTS) is 1. The number of halogens is 1. The van der Waals surface area contributed by atoms with Crippen molar-refractivity contribution in [3.63, 3.8) is 0 Å². The lowest BCUT2D eigenvalue weighted by Gasteiger charge is -2.24. The lowest BCUT2D eigenvalue weighted by Crippen LogP contribution is -2.22. The summed E-state index contributed by atoms with van der Waals surface area (Å²) in [5.74, 6) is -1.67. The normalized spacial score (nSPS) is 15.1. The van der Waals surface area contributed by atoms with Crippen molar-refractivity contribution in [3.8, 4) is 16.9 Å². The van der Waals surface area contributed by atoms with Crippen LogP contribution in [0.2, 0.25) is 5.02 Å². The number of carboxylic acids is 1. The Morgan fingerprint density at radius 3 is 2.45 bits per heavy atom. The number of anilines is 1. The summed E-state index contributed by atoms with van der Waals surface area (Å²) >= 11 is 7.13. The summed E-state index contributed by atoms with van der Waals surface area (Å²) in [4.78, 5) is 36.3. The van der Waals surface area contributed by atoms with Crippen molar-refractivity contribution in [1.82, 2.24) is 0 Å². The SMILES string of the molecule is NC(=O)COc1ccc([C@H]2CC(=O)Nc3c2sc(C(=O)O)c3-c2ccc(Cl)cc2)cc1. The van der Waals surface area contributed by atoms with E-state index >= 15 is 0 Å². The summed E-state index contributed by atoms with van der Waals surface area (Å²) in [6.45, 7) is -0.229. The Bertz CT molecular complexity index is 1170. The maximum atomic E-state index is 12.5. The predicted molar refractivity (Wildman–Crippen MR) is 118 cm³/mol. The molecule has 0 fully saturated rings. The molecule has 1 aromatic heterocycles. The van der Waals surface area contributed by atoms with Gasteiger partial charge in [-0.2, -0.15) is 0 Å². The summed E-state index contributed by atoms with van der Waals surface area (Å²) < 4.78 is 5.28. The van der Waals surface area contributed by atoms with E-state index in [2.05, 4.69) is 5.32 Å². The molecule has 31 heavy (non-hydrogen) atoms. The number of thiophene rings is 1. The molecule has 0 unspecified atom stereocenters. The van der Waals surface area contributed by atoms with Crippen LogP contribution in [0, 0.1) is 0 Å². The highest BCUT2D eigenvalue weighted by Gasteiger charge is 2.34. The van der Waals surface area contributed by atoms with E-state index in [-0.39, 0.29) is 29.7 Å². The monoisotopic (exact) mass is 456 g/mol. The maximum absolute atomic E-state index is 12.5. The lowest BCUT2D eigenvalue weighted by atomic mass is 9.88. The largest absolute Gasteiger partial charge is 0.484 e. The topological polar surface area (TPSA) is 119 Å². The first kappa shape index (κ1) is 20.9. The van der Waals surface area contributed by atoms with Gasteiger partial charge in [0.25, 0.3) is 5.91 Å². The average molecular weight is 457 g/mol. The highest BCUT2D eigenvalue weighted by molar-refractivity contribution is 7.15. The maximum Gasteiger partial charge on any atom is 0.346 e. The predicted octanol–water partition coefficient (Wildman–Crippen LogP) is 4.10. The summed E-state index contributed by atoms with van der Waals surface area (Å²) in [5, 5.41) is 13.2. The van der Waals surface area contributed by atoms with Crippen LogP contribution in [0.4, 0.5) is 5.69 Å². The lowest BCUT2D eigenvalue weighted by molar-refractivity contribution is -0.120. The van der Waals surface area contributed by atoms with E-state index in [0.29, 0.717) is 27.6 Å². The fourth-order valence-electron chi connectivity index (χ4n) is 3.55. The molecule has 4 N–H and O–H groups in total. The van der Waals surface area contributed by atoms with Crippen molar-refractivity contribution in [2.45, 2.75) is 12.3 Å². The Hall–Kier alpha value is -3.36. The number of nitrogens with two attached hydrogens (primary N) is 1. The van der Waals surface area contributed by atoms with Gasteiger partial charge in [-0.25, -0.2) is 4.79 Å². The van der Waals surface area contributed by atoms with Gasteiger partial charge in [-0.15, -0.1) is 11.3 Å². The molecule has 2 aromatic carbocycles. The molecule has 0 saturated carbocycles. The number of hydrogen-bond acceptors (Lipinski definition) is 5. The molecule has 0 aliphatic carbocycles. The zero-order valence-corrected chi connectivity index (χ0v) is 17.6. The minimum atomic E-state index is -1.06. The van der Waals surface area contributed by atoms with Gasteiger partial charge in [-0.05, 0) is 35.4 Å². The van der Waals surface area contributed by atoms with Crippen molar-refractivity contribution >= 4 is 46.4 Å². The minimum absolute atomic E-state index is 0.154. The molecule has 1 aliphatic heterocycles. The van der Waals surface area contributed by atoms with Crippen molar-refractivity contribution < 1.29 is 24.2 Å². The number of rotatable bonds is 6. The third kappa shape index (κ3) is 4.26. The fourth-order valence-corrected chi connectivity index (χ4v) is 4.92. The van der Waals surface area contributed by atoms with E-state index in [0.717, 1.165) is 21.8 Å². The van der Waals surface area contributed by atoms with Gasteiger partial charge in [-0.3, -0.25) is 9.59 Å². The van der Waals surface area contributed by atoms with Gasteiger partial charge < -0.3 is 20.9 Å². The number of benzene rings is 2. The molecular weight excluding hydrogens is 440 g/mol. The number of carbonyl (C=O) groups is 3. The zero-order valence-electron chi connectivity index (χ0n) is 16.1. The van der Waals surface area contributed by atoms with E-state index in [1.807, 2.05) is 0 Å². The standard InChI is InChI=1S/C22H17ClN2O5S/c23-13-5-1-12(2-6-13)18-19-20(31-21(18)22(28)29)15(9-17(27)25-19)11-3-7-14(8-4-11)30-10-16(24)26/h1-8,15H,9-10H2,(H2,24,26)(H,25,27)(H,28,29)/t15-/m1/s1. The van der Waals surface area contributed by atoms with Crippen LogP contribution >= 0.6 is 22.9 Å². The van der Waals surface area contributed by atoms with Crippen molar-refractivity contribution in [2.75, 3.05) is 11.9 Å². The number of nitrogens with one attached hydrogen (secondary N) is 1. The molecule has 4 rings (SSSR count). The van der Waals surface area contributed by atoms with Crippen LogP contribution in [0.25, 0.3) is 11.1 Å². The van der Waals surface area contributed by atoms with Crippen molar-refractivity contribution in [2.24, 2.45) is 5.73 Å². The molecule has 2 heterocycles. The molecule has 7 nitrogen and oxygen atoms in total. The molecule has 0 spiro atoms. The third-order valence-electron chi connectivity index (χ3n) is 4.90. The Balaban J connectivity index is 1.77. The van der Waals surface area contributed by atoms with Gasteiger partial charge in [0, 0.05) is 27.8 Å². The van der Waals surface area contributed by atoms with Gasteiger partial charge in [-0.1, -0.05) is 35.9 Å². The summed E-state index contributed by atoms with van der Waals surface area (Å²) in [5.41, 5.74) is 7.58. The van der Waals surface area contributed by atoms with Crippen LogP contribution < -0.4 is 15.8 Å². The molecule has 0 saturated heterocycles. The zero-order chi connectivity index (χ0) is 22.1. The van der Waals surface area contributed by atoms with E-state index < -0.39 is 11.9 Å². The van der Waals surface area contributed by atoms with Gasteiger partial charge in [0.05, 0.1) is 5.69 Å². The molecule has 3 aromatic rings. The number of ether oxygens (including phenoxy) is 1. The van der Waals surface area contributed by atoms with Crippen molar-refractivity contribution in [3.05, 3.63) is 68.9 Å². The second-order valence-electron chi connectivity index (χ2n) is 6.99. The molecule has 9 heteroatoms. The van der Waals surface area contributed by atoms with Crippen LogP contribution in [0.3, 0.4) is 0 Å². The number of fused-ring (bicyclic) bond motifs is 1. The molecule has 158 valence electrons. The van der Waals surface area contributed by atoms with Crippen LogP contribution in [0.15, 0.2) is 48.5 Å². The summed E-state index contributed by atoms with van der Waals surface area (Å²) in [6.07, 6.45) is 0.189. The quantitative estimate of drug-likeness (QED) is 0.515. The number of primary amides is 1. The van der Waals surface area contributed by atoms with E-state index in [9.17, 15) is 19.5 Å². The van der Waals surface area contributed by atoms with E-state index in [4.69, 9.17) is 22.1 Å². The Kier molecular flexibility index (Phi) is 5.67. The molecule has 1 aliphatic rings. The smallest absolute Gasteiger partial charge is 0.346 e. The highest BCUT2D eigenvalue weighted by Crippen LogP contribution is 2.49. The van der Waals surface area contributed by atoms with Gasteiger partial charge in [0.15, 0.2) is 6.61 Å². The molecule has 0 radical (unpaired) electrons. The minimum Gasteiger partial charge on any atom is -0.484 e. The number of carbonyl (C=O) groups excluding carboxylic acids is 2. The average Bonchev–Trinajstić information content (AvgIpc) is 3.12. The molecular formula is C22H17ClN2O5S. The second kappa shape index (κ2) is 8.41. The molecule has 1 atom stereocenters. The summed E-state index contributed by atoms with van der Waals surface area (Å²) in [7, 11) is 0. The number of aromatic carboxylic acids is 1.